The summed E-state index contributed by atoms with van der Waals surface area (Å²) < 4.78 is 19.1. The molecular weight excluding hydrogens is 495 g/mol. The van der Waals surface area contributed by atoms with Crippen molar-refractivity contribution in [2.45, 2.75) is 25.9 Å². The van der Waals surface area contributed by atoms with Crippen LogP contribution >= 0.6 is 12.2 Å². The van der Waals surface area contributed by atoms with Crippen LogP contribution in [0.4, 0.5) is 10.1 Å². The highest BCUT2D eigenvalue weighted by Gasteiger charge is 2.44. The number of carbonyl (C=O) groups excluding carboxylic acids is 3. The SMILES string of the molecule is CCOc1ccc(NC(=O)CC2C(=O)N(Cc3ccccc3)C(=S)N2NC(=O)c2cccc(F)c2)cc1. The third-order valence-electron chi connectivity index (χ3n) is 5.62. The van der Waals surface area contributed by atoms with Crippen molar-refractivity contribution < 1.29 is 23.5 Å². The van der Waals surface area contributed by atoms with Gasteiger partial charge in [-0.3, -0.25) is 24.7 Å². The molecule has 190 valence electrons. The molecule has 4 rings (SSSR count). The van der Waals surface area contributed by atoms with Gasteiger partial charge in [0.1, 0.15) is 17.6 Å². The van der Waals surface area contributed by atoms with E-state index in [9.17, 15) is 18.8 Å². The smallest absolute Gasteiger partial charge is 0.269 e. The van der Waals surface area contributed by atoms with Crippen LogP contribution in [0.25, 0.3) is 0 Å². The second-order valence-corrected chi connectivity index (χ2v) is 8.60. The topological polar surface area (TPSA) is 91.0 Å². The van der Waals surface area contributed by atoms with Gasteiger partial charge in [-0.25, -0.2) is 9.40 Å². The van der Waals surface area contributed by atoms with Gasteiger partial charge in [-0.05, 0) is 67.2 Å². The summed E-state index contributed by atoms with van der Waals surface area (Å²) in [6.45, 7) is 2.56. The van der Waals surface area contributed by atoms with Crippen LogP contribution < -0.4 is 15.5 Å². The van der Waals surface area contributed by atoms with Crippen molar-refractivity contribution >= 4 is 40.7 Å². The molecule has 3 aromatic rings. The first-order valence-corrected chi connectivity index (χ1v) is 12.0. The Morgan fingerprint density at radius 3 is 2.43 bits per heavy atom. The number of carbonyl (C=O) groups is 3. The van der Waals surface area contributed by atoms with Crippen LogP contribution in [0, 0.1) is 5.82 Å². The van der Waals surface area contributed by atoms with Crippen molar-refractivity contribution in [1.82, 2.24) is 15.3 Å². The van der Waals surface area contributed by atoms with Crippen LogP contribution in [0.3, 0.4) is 0 Å². The molecule has 2 N–H and O–H groups in total. The number of benzene rings is 3. The third-order valence-corrected chi connectivity index (χ3v) is 6.04. The Labute approximate surface area is 219 Å². The molecule has 1 atom stereocenters. The zero-order valence-electron chi connectivity index (χ0n) is 20.0. The lowest BCUT2D eigenvalue weighted by Gasteiger charge is -2.24. The Kier molecular flexibility index (Phi) is 8.09. The number of ether oxygens (including phenoxy) is 1. The molecule has 1 aliphatic heterocycles. The lowest BCUT2D eigenvalue weighted by molar-refractivity contribution is -0.131. The molecule has 1 fully saturated rings. The van der Waals surface area contributed by atoms with Crippen molar-refractivity contribution in [1.29, 1.82) is 0 Å². The van der Waals surface area contributed by atoms with Crippen molar-refractivity contribution in [2.24, 2.45) is 0 Å². The van der Waals surface area contributed by atoms with E-state index >= 15 is 0 Å². The molecule has 0 aliphatic carbocycles. The maximum absolute atomic E-state index is 13.7. The fraction of sp³-hybridized carbons (Fsp3) is 0.185. The number of halogens is 1. The highest BCUT2D eigenvalue weighted by atomic mass is 32.1. The minimum Gasteiger partial charge on any atom is -0.494 e. The van der Waals surface area contributed by atoms with E-state index in [2.05, 4.69) is 10.7 Å². The monoisotopic (exact) mass is 520 g/mol. The van der Waals surface area contributed by atoms with Gasteiger partial charge in [0.2, 0.25) is 5.91 Å². The number of nitrogens with zero attached hydrogens (tertiary/aromatic N) is 2. The molecule has 0 aromatic heterocycles. The molecule has 8 nitrogen and oxygen atoms in total. The number of amides is 3. The number of nitrogens with one attached hydrogen (secondary N) is 2. The molecule has 0 bridgehead atoms. The number of rotatable bonds is 9. The fourth-order valence-electron chi connectivity index (χ4n) is 3.86. The van der Waals surface area contributed by atoms with Crippen LogP contribution in [0.2, 0.25) is 0 Å². The van der Waals surface area contributed by atoms with Crippen molar-refractivity contribution in [2.75, 3.05) is 11.9 Å². The van der Waals surface area contributed by atoms with Gasteiger partial charge >= 0.3 is 0 Å². The van der Waals surface area contributed by atoms with Gasteiger partial charge in [-0.2, -0.15) is 0 Å². The second kappa shape index (κ2) is 11.6. The van der Waals surface area contributed by atoms with Gasteiger partial charge in [-0.1, -0.05) is 36.4 Å². The number of anilines is 1. The predicted octanol–water partition coefficient (Wildman–Crippen LogP) is 3.90. The van der Waals surface area contributed by atoms with E-state index in [1.165, 1.54) is 28.1 Å². The molecule has 10 heteroatoms. The third kappa shape index (κ3) is 6.28. The Balaban J connectivity index is 1.53. The molecule has 3 amide bonds. The molecule has 1 saturated heterocycles. The highest BCUT2D eigenvalue weighted by molar-refractivity contribution is 7.80. The van der Waals surface area contributed by atoms with Gasteiger partial charge in [-0.15, -0.1) is 0 Å². The molecule has 0 saturated carbocycles. The standard InChI is InChI=1S/C27H25FN4O4S/c1-2-36-22-13-11-21(12-14-22)29-24(33)16-23-26(35)31(17-18-7-4-3-5-8-18)27(37)32(23)30-25(34)19-9-6-10-20(28)15-19/h3-15,23H,2,16-17H2,1H3,(H,29,33)(H,30,34). The Hall–Kier alpha value is -4.31. The number of thiocarbonyl (C=S) groups is 1. The number of hydrogen-bond donors (Lipinski definition) is 2. The van der Waals surface area contributed by atoms with E-state index in [-0.39, 0.29) is 23.6 Å². The Bertz CT molecular complexity index is 1300. The quantitative estimate of drug-likeness (QED) is 0.416. The van der Waals surface area contributed by atoms with Gasteiger partial charge in [0.05, 0.1) is 19.6 Å². The molecule has 0 spiro atoms. The van der Waals surface area contributed by atoms with Gasteiger partial charge in [0.25, 0.3) is 11.8 Å². The average molecular weight is 521 g/mol. The Morgan fingerprint density at radius 1 is 1.03 bits per heavy atom. The lowest BCUT2D eigenvalue weighted by Crippen LogP contribution is -2.49. The van der Waals surface area contributed by atoms with E-state index in [4.69, 9.17) is 17.0 Å². The first kappa shape index (κ1) is 25.8. The zero-order valence-corrected chi connectivity index (χ0v) is 20.8. The van der Waals surface area contributed by atoms with Crippen molar-refractivity contribution in [3.8, 4) is 5.75 Å². The van der Waals surface area contributed by atoms with E-state index in [1.54, 1.807) is 24.3 Å². The normalized spacial score (nSPS) is 15.0. The maximum atomic E-state index is 13.7. The van der Waals surface area contributed by atoms with E-state index < -0.39 is 29.6 Å². The summed E-state index contributed by atoms with van der Waals surface area (Å²) in [5.41, 5.74) is 3.99. The fourth-order valence-corrected chi connectivity index (χ4v) is 4.18. The number of hydrazine groups is 1. The minimum absolute atomic E-state index is 0.0393. The van der Waals surface area contributed by atoms with Gasteiger partial charge in [0.15, 0.2) is 5.11 Å². The molecule has 3 aromatic carbocycles. The molecule has 1 aliphatic rings. The summed E-state index contributed by atoms with van der Waals surface area (Å²) in [6, 6.07) is 20.1. The van der Waals surface area contributed by atoms with E-state index in [0.29, 0.717) is 18.0 Å². The average Bonchev–Trinajstić information content (AvgIpc) is 3.10. The Morgan fingerprint density at radius 2 is 1.76 bits per heavy atom. The predicted molar refractivity (Wildman–Crippen MR) is 140 cm³/mol. The first-order chi connectivity index (χ1) is 17.9. The molecule has 37 heavy (non-hydrogen) atoms. The van der Waals surface area contributed by atoms with E-state index in [0.717, 1.165) is 11.6 Å². The largest absolute Gasteiger partial charge is 0.494 e. The van der Waals surface area contributed by atoms with Crippen LogP contribution in [0.1, 0.15) is 29.3 Å². The van der Waals surface area contributed by atoms with Gasteiger partial charge in [0, 0.05) is 11.3 Å². The van der Waals surface area contributed by atoms with Crippen LogP contribution in [-0.2, 0) is 16.1 Å². The van der Waals surface area contributed by atoms with Crippen LogP contribution in [0.5, 0.6) is 5.75 Å². The summed E-state index contributed by atoms with van der Waals surface area (Å²) >= 11 is 5.53. The minimum atomic E-state index is -1.09. The van der Waals surface area contributed by atoms with Crippen molar-refractivity contribution in [3.63, 3.8) is 0 Å². The van der Waals surface area contributed by atoms with E-state index in [1.807, 2.05) is 37.3 Å². The van der Waals surface area contributed by atoms with Crippen LogP contribution in [-0.4, -0.2) is 45.4 Å². The van der Waals surface area contributed by atoms with Crippen molar-refractivity contribution in [3.05, 3.63) is 95.8 Å². The zero-order chi connectivity index (χ0) is 26.4. The summed E-state index contributed by atoms with van der Waals surface area (Å²) in [5, 5.41) is 3.99. The molecule has 1 heterocycles. The lowest BCUT2D eigenvalue weighted by atomic mass is 10.1. The maximum Gasteiger partial charge on any atom is 0.269 e. The highest BCUT2D eigenvalue weighted by Crippen LogP contribution is 2.23. The summed E-state index contributed by atoms with van der Waals surface area (Å²) in [4.78, 5) is 40.5. The molecule has 0 radical (unpaired) electrons. The second-order valence-electron chi connectivity index (χ2n) is 8.24. The van der Waals surface area contributed by atoms with Crippen LogP contribution in [0.15, 0.2) is 78.9 Å². The number of hydrogen-bond acceptors (Lipinski definition) is 5. The summed E-state index contributed by atoms with van der Waals surface area (Å²) in [6.07, 6.45) is -0.277. The summed E-state index contributed by atoms with van der Waals surface area (Å²) in [7, 11) is 0. The first-order valence-electron chi connectivity index (χ1n) is 11.6. The molecule has 1 unspecified atom stereocenters. The van der Waals surface area contributed by atoms with Gasteiger partial charge < -0.3 is 10.1 Å². The summed E-state index contributed by atoms with van der Waals surface area (Å²) in [5.74, 6) is -1.45. The molecular formula is C27H25FN4O4S.